The van der Waals surface area contributed by atoms with Crippen LogP contribution >= 0.6 is 0 Å². The van der Waals surface area contributed by atoms with Crippen LogP contribution in [0.3, 0.4) is 0 Å². The van der Waals surface area contributed by atoms with Gasteiger partial charge in [-0.15, -0.1) is 0 Å². The molecule has 0 radical (unpaired) electrons. The van der Waals surface area contributed by atoms with Crippen molar-refractivity contribution in [1.29, 1.82) is 0 Å². The Labute approximate surface area is 104 Å². The molecule has 0 spiro atoms. The highest BCUT2D eigenvalue weighted by atomic mass is 16.5. The molecule has 1 rings (SSSR count). The summed E-state index contributed by atoms with van der Waals surface area (Å²) in [6, 6.07) is 5.93. The first-order valence-electron chi connectivity index (χ1n) is 6.03. The number of aliphatic hydroxyl groups is 1. The first-order valence-corrected chi connectivity index (χ1v) is 6.03. The van der Waals surface area contributed by atoms with Crippen molar-refractivity contribution in [2.75, 3.05) is 13.7 Å². The molecule has 0 saturated carbocycles. The minimum absolute atomic E-state index is 0.0862. The van der Waals surface area contributed by atoms with Crippen molar-refractivity contribution in [3.8, 4) is 5.75 Å². The van der Waals surface area contributed by atoms with Crippen LogP contribution in [0.25, 0.3) is 0 Å². The number of rotatable bonds is 5. The zero-order valence-corrected chi connectivity index (χ0v) is 11.4. The lowest BCUT2D eigenvalue weighted by Gasteiger charge is -2.29. The van der Waals surface area contributed by atoms with Crippen molar-refractivity contribution < 1.29 is 9.84 Å². The Kier molecular flexibility index (Phi) is 4.54. The van der Waals surface area contributed by atoms with E-state index in [9.17, 15) is 5.11 Å². The third-order valence-electron chi connectivity index (χ3n) is 2.83. The quantitative estimate of drug-likeness (QED) is 0.826. The van der Waals surface area contributed by atoms with E-state index in [0.717, 1.165) is 16.9 Å². The lowest BCUT2D eigenvalue weighted by Crippen LogP contribution is -2.37. The van der Waals surface area contributed by atoms with Crippen LogP contribution in [0.4, 0.5) is 0 Å². The van der Waals surface area contributed by atoms with Gasteiger partial charge in [0.15, 0.2) is 0 Å². The Bertz CT molecular complexity index is 369. The summed E-state index contributed by atoms with van der Waals surface area (Å²) in [4.78, 5) is 0. The van der Waals surface area contributed by atoms with Crippen molar-refractivity contribution in [3.05, 3.63) is 29.3 Å². The van der Waals surface area contributed by atoms with Gasteiger partial charge in [-0.05, 0) is 51.9 Å². The molecule has 0 saturated heterocycles. The number of hydrogen-bond donors (Lipinski definition) is 2. The molecule has 96 valence electrons. The van der Waals surface area contributed by atoms with E-state index in [4.69, 9.17) is 4.74 Å². The van der Waals surface area contributed by atoms with Crippen LogP contribution in [-0.2, 0) is 0 Å². The molecule has 1 unspecified atom stereocenters. The van der Waals surface area contributed by atoms with Crippen LogP contribution < -0.4 is 10.1 Å². The molecule has 0 bridgehead atoms. The highest BCUT2D eigenvalue weighted by Crippen LogP contribution is 2.28. The van der Waals surface area contributed by atoms with Crippen molar-refractivity contribution in [2.45, 2.75) is 39.3 Å². The average Bonchev–Trinajstić information content (AvgIpc) is 2.21. The van der Waals surface area contributed by atoms with Gasteiger partial charge in [0.2, 0.25) is 0 Å². The van der Waals surface area contributed by atoms with Crippen molar-refractivity contribution >= 4 is 0 Å². The summed E-state index contributed by atoms with van der Waals surface area (Å²) < 4.78 is 5.51. The molecule has 0 fully saturated rings. The van der Waals surface area contributed by atoms with E-state index < -0.39 is 5.60 Å². The molecular weight excluding hydrogens is 214 g/mol. The van der Waals surface area contributed by atoms with Gasteiger partial charge in [-0.1, -0.05) is 12.1 Å². The summed E-state index contributed by atoms with van der Waals surface area (Å²) in [6.45, 7) is 8.27. The van der Waals surface area contributed by atoms with Crippen LogP contribution in [0, 0.1) is 6.92 Å². The van der Waals surface area contributed by atoms with Gasteiger partial charge in [0.1, 0.15) is 5.75 Å². The molecule has 1 aromatic carbocycles. The lowest BCUT2D eigenvalue weighted by atomic mass is 9.91. The minimum atomic E-state index is -0.797. The Morgan fingerprint density at radius 1 is 1.41 bits per heavy atom. The normalized spacial score (nSPS) is 13.5. The van der Waals surface area contributed by atoms with Crippen LogP contribution in [0.5, 0.6) is 5.75 Å². The molecule has 0 amide bonds. The maximum absolute atomic E-state index is 10.1. The second kappa shape index (κ2) is 5.52. The minimum Gasteiger partial charge on any atom is -0.494 e. The first kappa shape index (κ1) is 14.0. The third kappa shape index (κ3) is 3.45. The van der Waals surface area contributed by atoms with Crippen LogP contribution in [0.15, 0.2) is 18.2 Å². The second-order valence-corrected chi connectivity index (χ2v) is 4.83. The van der Waals surface area contributed by atoms with E-state index in [0.29, 0.717) is 6.61 Å². The van der Waals surface area contributed by atoms with Crippen molar-refractivity contribution in [2.24, 2.45) is 0 Å². The Morgan fingerprint density at radius 2 is 2.06 bits per heavy atom. The van der Waals surface area contributed by atoms with Gasteiger partial charge in [-0.2, -0.15) is 0 Å². The number of hydrogen-bond acceptors (Lipinski definition) is 3. The molecule has 0 aliphatic carbocycles. The number of aryl methyl sites for hydroxylation is 1. The molecule has 0 heterocycles. The van der Waals surface area contributed by atoms with Gasteiger partial charge < -0.3 is 15.2 Å². The summed E-state index contributed by atoms with van der Waals surface area (Å²) in [5.74, 6) is 0.904. The summed E-state index contributed by atoms with van der Waals surface area (Å²) >= 11 is 0. The maximum Gasteiger partial charge on any atom is 0.122 e. The number of ether oxygens (including phenoxy) is 1. The Morgan fingerprint density at radius 3 is 2.47 bits per heavy atom. The largest absolute Gasteiger partial charge is 0.494 e. The fraction of sp³-hybridized carbons (Fsp3) is 0.571. The zero-order chi connectivity index (χ0) is 13.1. The van der Waals surface area contributed by atoms with E-state index in [1.807, 2.05) is 33.0 Å². The van der Waals surface area contributed by atoms with Crippen LogP contribution in [0.2, 0.25) is 0 Å². The molecule has 0 aliphatic rings. The van der Waals surface area contributed by atoms with Crippen molar-refractivity contribution in [1.82, 2.24) is 5.32 Å². The van der Waals surface area contributed by atoms with Gasteiger partial charge in [0.05, 0.1) is 18.2 Å². The molecular formula is C14H23NO2. The number of likely N-dealkylation sites (N-methyl/N-ethyl adjacent to an activating group) is 1. The highest BCUT2D eigenvalue weighted by molar-refractivity contribution is 5.38. The SMILES string of the molecule is CCOc1ccc(C(NC)C(C)(C)O)cc1C. The number of benzene rings is 1. The van der Waals surface area contributed by atoms with Gasteiger partial charge in [0, 0.05) is 0 Å². The molecule has 3 heteroatoms. The predicted molar refractivity (Wildman–Crippen MR) is 70.4 cm³/mol. The molecule has 3 nitrogen and oxygen atoms in total. The average molecular weight is 237 g/mol. The summed E-state index contributed by atoms with van der Waals surface area (Å²) in [6.07, 6.45) is 0. The summed E-state index contributed by atoms with van der Waals surface area (Å²) in [7, 11) is 1.86. The third-order valence-corrected chi connectivity index (χ3v) is 2.83. The molecule has 17 heavy (non-hydrogen) atoms. The first-order chi connectivity index (χ1) is 7.90. The van der Waals surface area contributed by atoms with E-state index in [1.165, 1.54) is 0 Å². The molecule has 1 aromatic rings. The Hall–Kier alpha value is -1.06. The fourth-order valence-electron chi connectivity index (χ4n) is 2.10. The molecule has 1 atom stereocenters. The fourth-order valence-corrected chi connectivity index (χ4v) is 2.10. The smallest absolute Gasteiger partial charge is 0.122 e. The lowest BCUT2D eigenvalue weighted by molar-refractivity contribution is 0.0400. The summed E-state index contributed by atoms with van der Waals surface area (Å²) in [5, 5.41) is 13.2. The van der Waals surface area contributed by atoms with Crippen LogP contribution in [0.1, 0.15) is 37.9 Å². The van der Waals surface area contributed by atoms with Gasteiger partial charge in [0.25, 0.3) is 0 Å². The second-order valence-electron chi connectivity index (χ2n) is 4.83. The highest BCUT2D eigenvalue weighted by Gasteiger charge is 2.27. The van der Waals surface area contributed by atoms with Gasteiger partial charge >= 0.3 is 0 Å². The molecule has 0 aromatic heterocycles. The van der Waals surface area contributed by atoms with Crippen molar-refractivity contribution in [3.63, 3.8) is 0 Å². The van der Waals surface area contributed by atoms with E-state index in [2.05, 4.69) is 11.4 Å². The van der Waals surface area contributed by atoms with E-state index in [1.54, 1.807) is 13.8 Å². The summed E-state index contributed by atoms with van der Waals surface area (Å²) in [5.41, 5.74) is 1.36. The molecule has 0 aliphatic heterocycles. The standard InChI is InChI=1S/C14H23NO2/c1-6-17-12-8-7-11(9-10(12)2)13(15-5)14(3,4)16/h7-9,13,15-16H,6H2,1-5H3. The van der Waals surface area contributed by atoms with E-state index in [-0.39, 0.29) is 6.04 Å². The zero-order valence-electron chi connectivity index (χ0n) is 11.4. The predicted octanol–water partition coefficient (Wildman–Crippen LogP) is 2.43. The van der Waals surface area contributed by atoms with Gasteiger partial charge in [-0.25, -0.2) is 0 Å². The Balaban J connectivity index is 3.03. The molecule has 2 N–H and O–H groups in total. The topological polar surface area (TPSA) is 41.5 Å². The van der Waals surface area contributed by atoms with Gasteiger partial charge in [-0.3, -0.25) is 0 Å². The monoisotopic (exact) mass is 237 g/mol. The van der Waals surface area contributed by atoms with Crippen LogP contribution in [-0.4, -0.2) is 24.4 Å². The van der Waals surface area contributed by atoms with E-state index >= 15 is 0 Å². The maximum atomic E-state index is 10.1. The number of nitrogens with one attached hydrogen (secondary N) is 1.